The number of rotatable bonds is 2. The van der Waals surface area contributed by atoms with Crippen LogP contribution in [0.3, 0.4) is 0 Å². The van der Waals surface area contributed by atoms with Gasteiger partial charge in [0, 0.05) is 6.54 Å². The summed E-state index contributed by atoms with van der Waals surface area (Å²) in [6.45, 7) is 0.410. The number of nitrogens with zero attached hydrogens (tertiary/aromatic N) is 1. The first-order chi connectivity index (χ1) is 5.83. The maximum absolute atomic E-state index is 10.5. The Kier molecular flexibility index (Phi) is 3.10. The van der Waals surface area contributed by atoms with E-state index in [-0.39, 0.29) is 0 Å². The van der Waals surface area contributed by atoms with Crippen molar-refractivity contribution in [2.24, 2.45) is 0 Å². The third-order valence-corrected chi connectivity index (χ3v) is 1.40. The van der Waals surface area contributed by atoms with E-state index < -0.39 is 6.03 Å². The number of hydrogen-bond donors (Lipinski definition) is 2. The minimum atomic E-state index is -0.598. The Hall–Kier alpha value is -1.55. The zero-order valence-corrected chi connectivity index (χ0v) is 6.45. The van der Waals surface area contributed by atoms with Crippen LogP contribution in [0.25, 0.3) is 0 Å². The van der Waals surface area contributed by atoms with Gasteiger partial charge < -0.3 is 5.32 Å². The highest BCUT2D eigenvalue weighted by Crippen LogP contribution is 1.96. The Bertz CT molecular complexity index is 248. The third kappa shape index (κ3) is 2.59. The Balaban J connectivity index is 2.38. The van der Waals surface area contributed by atoms with Gasteiger partial charge >= 0.3 is 6.03 Å². The van der Waals surface area contributed by atoms with E-state index in [0.717, 1.165) is 5.56 Å². The molecule has 0 heterocycles. The molecule has 4 heteroatoms. The molecule has 0 saturated carbocycles. The molecule has 0 aromatic heterocycles. The van der Waals surface area contributed by atoms with Crippen LogP contribution < -0.4 is 16.6 Å². The lowest BCUT2D eigenvalue weighted by Gasteiger charge is -2.01. The smallest absolute Gasteiger partial charge is 0.331 e. The summed E-state index contributed by atoms with van der Waals surface area (Å²) in [6.07, 6.45) is 0. The lowest BCUT2D eigenvalue weighted by atomic mass is 10.2. The van der Waals surface area contributed by atoms with Crippen LogP contribution in [0, 0.1) is 0 Å². The van der Waals surface area contributed by atoms with Gasteiger partial charge in [0.2, 0.25) is 0 Å². The van der Waals surface area contributed by atoms with Gasteiger partial charge in [-0.05, 0) is 11.4 Å². The number of amides is 2. The molecule has 0 bridgehead atoms. The SMILES string of the molecule is [N]NC(=O)NCc1ccccc1. The van der Waals surface area contributed by atoms with Gasteiger partial charge in [-0.2, -0.15) is 0 Å². The molecular formula is C8H9N3O. The van der Waals surface area contributed by atoms with E-state index in [0.29, 0.717) is 6.54 Å². The summed E-state index contributed by atoms with van der Waals surface area (Å²) in [5.74, 6) is 8.15. The van der Waals surface area contributed by atoms with Gasteiger partial charge in [-0.15, -0.1) is 0 Å². The molecule has 0 spiro atoms. The molecule has 0 aliphatic carbocycles. The normalized spacial score (nSPS) is 9.08. The summed E-state index contributed by atoms with van der Waals surface area (Å²) in [5.41, 5.74) is 2.47. The highest BCUT2D eigenvalue weighted by molar-refractivity contribution is 5.72. The summed E-state index contributed by atoms with van der Waals surface area (Å²) in [7, 11) is 0. The molecule has 0 aliphatic rings. The molecule has 4 nitrogen and oxygen atoms in total. The number of nitrogens with one attached hydrogen (secondary N) is 2. The number of benzene rings is 1. The zero-order valence-electron chi connectivity index (χ0n) is 6.45. The predicted molar refractivity (Wildman–Crippen MR) is 43.9 cm³/mol. The van der Waals surface area contributed by atoms with E-state index in [2.05, 4.69) is 5.32 Å². The molecule has 1 rings (SSSR count). The third-order valence-electron chi connectivity index (χ3n) is 1.40. The minimum Gasteiger partial charge on any atom is -0.333 e. The molecular weight excluding hydrogens is 154 g/mol. The van der Waals surface area contributed by atoms with Crippen molar-refractivity contribution in [3.05, 3.63) is 35.9 Å². The Labute approximate surface area is 70.7 Å². The van der Waals surface area contributed by atoms with Gasteiger partial charge in [0.25, 0.3) is 0 Å². The van der Waals surface area contributed by atoms with Crippen LogP contribution in [0.1, 0.15) is 5.56 Å². The number of urea groups is 1. The molecule has 62 valence electrons. The van der Waals surface area contributed by atoms with Crippen molar-refractivity contribution >= 4 is 6.03 Å². The second-order valence-corrected chi connectivity index (χ2v) is 2.28. The van der Waals surface area contributed by atoms with Gasteiger partial charge in [-0.1, -0.05) is 30.3 Å². The van der Waals surface area contributed by atoms with E-state index in [9.17, 15) is 4.79 Å². The van der Waals surface area contributed by atoms with Crippen molar-refractivity contribution in [2.45, 2.75) is 6.54 Å². The van der Waals surface area contributed by atoms with Gasteiger partial charge in [-0.25, -0.2) is 10.2 Å². The van der Waals surface area contributed by atoms with Gasteiger partial charge in [-0.3, -0.25) is 0 Å². The maximum atomic E-state index is 10.5. The van der Waals surface area contributed by atoms with E-state index in [1.807, 2.05) is 30.3 Å². The average molecular weight is 163 g/mol. The molecule has 0 saturated heterocycles. The van der Waals surface area contributed by atoms with Crippen molar-refractivity contribution in [3.8, 4) is 0 Å². The monoisotopic (exact) mass is 163 g/mol. The topological polar surface area (TPSA) is 63.4 Å². The molecule has 1 aromatic carbocycles. The number of carbonyl (C=O) groups is 1. The standard InChI is InChI=1S/C8H9N3O/c9-11-8(12)10-6-7-4-2-1-3-5-7/h1-5H,6H2,(H2,10,11,12). The predicted octanol–water partition coefficient (Wildman–Crippen LogP) is 0.469. The fraction of sp³-hybridized carbons (Fsp3) is 0.125. The Morgan fingerprint density at radius 3 is 2.58 bits per heavy atom. The second kappa shape index (κ2) is 4.35. The molecule has 0 unspecified atom stereocenters. The van der Waals surface area contributed by atoms with Crippen LogP contribution in [0.2, 0.25) is 0 Å². The first kappa shape index (κ1) is 8.55. The van der Waals surface area contributed by atoms with Crippen LogP contribution in [0.4, 0.5) is 4.79 Å². The van der Waals surface area contributed by atoms with Crippen molar-refractivity contribution < 1.29 is 4.79 Å². The zero-order chi connectivity index (χ0) is 8.81. The summed E-state index contributed by atoms with van der Waals surface area (Å²) < 4.78 is 0. The fourth-order valence-electron chi connectivity index (χ4n) is 0.818. The highest BCUT2D eigenvalue weighted by Gasteiger charge is 1.95. The number of hydrogen-bond acceptors (Lipinski definition) is 1. The maximum Gasteiger partial charge on any atom is 0.331 e. The lowest BCUT2D eigenvalue weighted by Crippen LogP contribution is -2.33. The quantitative estimate of drug-likeness (QED) is 0.611. The van der Waals surface area contributed by atoms with Gasteiger partial charge in [0.05, 0.1) is 0 Å². The molecule has 2 amide bonds. The van der Waals surface area contributed by atoms with Crippen molar-refractivity contribution in [1.29, 1.82) is 0 Å². The van der Waals surface area contributed by atoms with Gasteiger partial charge in [0.15, 0.2) is 0 Å². The van der Waals surface area contributed by atoms with Crippen LogP contribution in [0.5, 0.6) is 0 Å². The largest absolute Gasteiger partial charge is 0.333 e. The fourth-order valence-corrected chi connectivity index (χ4v) is 0.818. The summed E-state index contributed by atoms with van der Waals surface area (Å²) in [4.78, 5) is 10.5. The summed E-state index contributed by atoms with van der Waals surface area (Å²) in [6, 6.07) is 8.84. The van der Waals surface area contributed by atoms with Crippen molar-refractivity contribution in [3.63, 3.8) is 0 Å². The van der Waals surface area contributed by atoms with Crippen molar-refractivity contribution in [1.82, 2.24) is 16.6 Å². The average Bonchev–Trinajstić information content (AvgIpc) is 2.16. The molecule has 12 heavy (non-hydrogen) atoms. The summed E-state index contributed by atoms with van der Waals surface area (Å²) >= 11 is 0. The van der Waals surface area contributed by atoms with E-state index in [4.69, 9.17) is 5.84 Å². The Morgan fingerprint density at radius 2 is 2.00 bits per heavy atom. The first-order valence-electron chi connectivity index (χ1n) is 3.55. The Morgan fingerprint density at radius 1 is 1.33 bits per heavy atom. The number of carbonyl (C=O) groups excluding carboxylic acids is 1. The minimum absolute atomic E-state index is 0.410. The molecule has 0 atom stereocenters. The lowest BCUT2D eigenvalue weighted by molar-refractivity contribution is 0.240. The molecule has 2 radical (unpaired) electrons. The van der Waals surface area contributed by atoms with Crippen LogP contribution in [0.15, 0.2) is 30.3 Å². The van der Waals surface area contributed by atoms with Crippen LogP contribution in [-0.2, 0) is 6.54 Å². The molecule has 0 aliphatic heterocycles. The second-order valence-electron chi connectivity index (χ2n) is 2.28. The van der Waals surface area contributed by atoms with Gasteiger partial charge in [0.1, 0.15) is 0 Å². The van der Waals surface area contributed by atoms with E-state index in [1.165, 1.54) is 5.43 Å². The van der Waals surface area contributed by atoms with Crippen LogP contribution in [-0.4, -0.2) is 6.03 Å². The summed E-state index contributed by atoms with van der Waals surface area (Å²) in [5, 5.41) is 2.45. The van der Waals surface area contributed by atoms with Crippen molar-refractivity contribution in [2.75, 3.05) is 0 Å². The van der Waals surface area contributed by atoms with Crippen LogP contribution >= 0.6 is 0 Å². The van der Waals surface area contributed by atoms with E-state index >= 15 is 0 Å². The molecule has 1 aromatic rings. The first-order valence-corrected chi connectivity index (χ1v) is 3.55. The molecule has 0 fully saturated rings. The van der Waals surface area contributed by atoms with E-state index in [1.54, 1.807) is 0 Å². The highest BCUT2D eigenvalue weighted by atomic mass is 16.2. The molecule has 2 N–H and O–H groups in total.